The van der Waals surface area contributed by atoms with Crippen LogP contribution in [-0.2, 0) is 17.6 Å². The van der Waals surface area contributed by atoms with Crippen LogP contribution < -0.4 is 0 Å². The minimum absolute atomic E-state index is 0.236. The van der Waals surface area contributed by atoms with Gasteiger partial charge in [0.05, 0.1) is 5.69 Å². The van der Waals surface area contributed by atoms with Crippen LogP contribution in [0.1, 0.15) is 42.8 Å². The summed E-state index contributed by atoms with van der Waals surface area (Å²) < 4.78 is 0. The Kier molecular flexibility index (Phi) is 4.94. The van der Waals surface area contributed by atoms with Crippen molar-refractivity contribution in [2.45, 2.75) is 45.4 Å². The van der Waals surface area contributed by atoms with Crippen molar-refractivity contribution in [3.63, 3.8) is 0 Å². The lowest BCUT2D eigenvalue weighted by atomic mass is 10.0. The van der Waals surface area contributed by atoms with Crippen LogP contribution in [0.15, 0.2) is 24.3 Å². The minimum Gasteiger partial charge on any atom is -0.342 e. The fourth-order valence-corrected chi connectivity index (χ4v) is 4.35. The second-order valence-corrected chi connectivity index (χ2v) is 7.79. The van der Waals surface area contributed by atoms with Crippen molar-refractivity contribution in [1.82, 2.24) is 14.9 Å². The Morgan fingerprint density at radius 1 is 1.08 bits per heavy atom. The van der Waals surface area contributed by atoms with Crippen molar-refractivity contribution in [1.29, 1.82) is 0 Å². The van der Waals surface area contributed by atoms with Gasteiger partial charge in [-0.3, -0.25) is 4.79 Å². The average Bonchev–Trinajstić information content (AvgIpc) is 3.09. The van der Waals surface area contributed by atoms with Crippen molar-refractivity contribution >= 4 is 17.5 Å². The van der Waals surface area contributed by atoms with E-state index in [1.165, 1.54) is 18.4 Å². The number of halogens is 1. The zero-order chi connectivity index (χ0) is 18.1. The molecule has 1 aromatic carbocycles. The third-order valence-electron chi connectivity index (χ3n) is 5.59. The van der Waals surface area contributed by atoms with E-state index in [4.69, 9.17) is 21.6 Å². The van der Waals surface area contributed by atoms with Crippen LogP contribution in [-0.4, -0.2) is 33.9 Å². The molecule has 2 heterocycles. The Morgan fingerprint density at radius 2 is 1.77 bits per heavy atom. The fourth-order valence-electron chi connectivity index (χ4n) is 4.22. The monoisotopic (exact) mass is 369 g/mol. The largest absolute Gasteiger partial charge is 0.342 e. The molecule has 5 heteroatoms. The molecular formula is C21H24ClN3O. The first-order valence-corrected chi connectivity index (χ1v) is 9.91. The van der Waals surface area contributed by atoms with E-state index in [0.29, 0.717) is 5.91 Å². The molecule has 0 bridgehead atoms. The Morgan fingerprint density at radius 3 is 2.50 bits per heavy atom. The van der Waals surface area contributed by atoms with Gasteiger partial charge in [0.1, 0.15) is 5.82 Å². The Bertz CT molecular complexity index is 813. The molecule has 0 unspecified atom stereocenters. The number of aryl methyl sites for hydroxylation is 1. The molecule has 0 N–H and O–H groups in total. The summed E-state index contributed by atoms with van der Waals surface area (Å²) in [5.74, 6) is 1.36. The Balaban J connectivity index is 1.62. The lowest BCUT2D eigenvalue weighted by Gasteiger charge is -2.23. The molecule has 0 spiro atoms. The molecule has 136 valence electrons. The van der Waals surface area contributed by atoms with Crippen LogP contribution in [0.4, 0.5) is 0 Å². The predicted molar refractivity (Wildman–Crippen MR) is 103 cm³/mol. The van der Waals surface area contributed by atoms with Gasteiger partial charge < -0.3 is 4.90 Å². The summed E-state index contributed by atoms with van der Waals surface area (Å²) in [6.45, 7) is 3.46. The van der Waals surface area contributed by atoms with Gasteiger partial charge in [-0.15, -0.1) is 0 Å². The van der Waals surface area contributed by atoms with Crippen molar-refractivity contribution in [2.24, 2.45) is 5.92 Å². The number of rotatable bonds is 2. The molecule has 4 rings (SSSR count). The van der Waals surface area contributed by atoms with Crippen LogP contribution >= 0.6 is 11.6 Å². The summed E-state index contributed by atoms with van der Waals surface area (Å²) in [5.41, 5.74) is 4.31. The quantitative estimate of drug-likeness (QED) is 0.796. The number of nitrogens with zero attached hydrogens (tertiary/aromatic N) is 3. The highest BCUT2D eigenvalue weighted by Gasteiger charge is 2.29. The number of benzene rings is 1. The van der Waals surface area contributed by atoms with Crippen LogP contribution in [0.3, 0.4) is 0 Å². The lowest BCUT2D eigenvalue weighted by molar-refractivity contribution is -0.135. The SMILES string of the molecule is Cc1nc2c(c(-c3ccc(Cl)cc3)n1)CCN(C(=O)C1CCCC1)CC2. The smallest absolute Gasteiger partial charge is 0.225 e. The standard InChI is InChI=1S/C21H24ClN3O/c1-14-23-19-11-13-25(21(26)16-4-2-3-5-16)12-10-18(19)20(24-14)15-6-8-17(22)9-7-15/h6-9,16H,2-5,10-13H2,1H3. The van der Waals surface area contributed by atoms with Gasteiger partial charge in [-0.05, 0) is 38.3 Å². The number of hydrogen-bond acceptors (Lipinski definition) is 3. The molecule has 1 aromatic heterocycles. The second-order valence-electron chi connectivity index (χ2n) is 7.36. The first kappa shape index (κ1) is 17.5. The molecule has 1 saturated carbocycles. The van der Waals surface area contributed by atoms with Gasteiger partial charge in [0.2, 0.25) is 5.91 Å². The predicted octanol–water partition coefficient (Wildman–Crippen LogP) is 4.22. The summed E-state index contributed by atoms with van der Waals surface area (Å²) in [6.07, 6.45) is 6.10. The maximum Gasteiger partial charge on any atom is 0.225 e. The molecule has 4 nitrogen and oxygen atoms in total. The van der Waals surface area contributed by atoms with Gasteiger partial charge in [-0.1, -0.05) is 36.6 Å². The van der Waals surface area contributed by atoms with E-state index < -0.39 is 0 Å². The Hall–Kier alpha value is -1.94. The van der Waals surface area contributed by atoms with E-state index in [1.54, 1.807) is 0 Å². The third-order valence-corrected chi connectivity index (χ3v) is 5.84. The van der Waals surface area contributed by atoms with Gasteiger partial charge >= 0.3 is 0 Å². The fraction of sp³-hybridized carbons (Fsp3) is 0.476. The van der Waals surface area contributed by atoms with Gasteiger partial charge in [0.15, 0.2) is 0 Å². The first-order valence-electron chi connectivity index (χ1n) is 9.53. The number of aromatic nitrogens is 2. The second kappa shape index (κ2) is 7.36. The molecule has 0 radical (unpaired) electrons. The summed E-state index contributed by atoms with van der Waals surface area (Å²) >= 11 is 6.04. The molecule has 2 aromatic rings. The van der Waals surface area contributed by atoms with Crippen molar-refractivity contribution < 1.29 is 4.79 Å². The topological polar surface area (TPSA) is 46.1 Å². The molecular weight excluding hydrogens is 346 g/mol. The van der Waals surface area contributed by atoms with E-state index in [9.17, 15) is 4.79 Å². The molecule has 1 amide bonds. The summed E-state index contributed by atoms with van der Waals surface area (Å²) in [4.78, 5) is 24.3. The van der Waals surface area contributed by atoms with Gasteiger partial charge in [-0.25, -0.2) is 9.97 Å². The highest BCUT2D eigenvalue weighted by atomic mass is 35.5. The number of carbonyl (C=O) groups is 1. The molecule has 1 aliphatic heterocycles. The summed E-state index contributed by atoms with van der Waals surface area (Å²) in [7, 11) is 0. The summed E-state index contributed by atoms with van der Waals surface area (Å²) in [6, 6.07) is 7.81. The molecule has 2 aliphatic rings. The van der Waals surface area contributed by atoms with Crippen LogP contribution in [0.25, 0.3) is 11.3 Å². The Labute approximate surface area is 159 Å². The number of amides is 1. The molecule has 0 atom stereocenters. The molecule has 0 saturated heterocycles. The van der Waals surface area contributed by atoms with Crippen molar-refractivity contribution in [2.75, 3.05) is 13.1 Å². The van der Waals surface area contributed by atoms with Gasteiger partial charge in [-0.2, -0.15) is 0 Å². The van der Waals surface area contributed by atoms with Crippen molar-refractivity contribution in [3.8, 4) is 11.3 Å². The van der Waals surface area contributed by atoms with Gasteiger partial charge in [0.25, 0.3) is 0 Å². The first-order chi connectivity index (χ1) is 12.6. The van der Waals surface area contributed by atoms with Crippen molar-refractivity contribution in [3.05, 3.63) is 46.4 Å². The number of fused-ring (bicyclic) bond motifs is 1. The highest BCUT2D eigenvalue weighted by Crippen LogP contribution is 2.30. The lowest BCUT2D eigenvalue weighted by Crippen LogP contribution is -2.37. The zero-order valence-corrected chi connectivity index (χ0v) is 15.9. The van der Waals surface area contributed by atoms with Crippen LogP contribution in [0.5, 0.6) is 0 Å². The van der Waals surface area contributed by atoms with E-state index >= 15 is 0 Å². The van der Waals surface area contributed by atoms with E-state index in [1.807, 2.05) is 31.2 Å². The van der Waals surface area contributed by atoms with E-state index in [2.05, 4.69) is 4.90 Å². The maximum atomic E-state index is 12.8. The zero-order valence-electron chi connectivity index (χ0n) is 15.2. The average molecular weight is 370 g/mol. The van der Waals surface area contributed by atoms with Gasteiger partial charge in [0, 0.05) is 47.3 Å². The number of carbonyl (C=O) groups excluding carboxylic acids is 1. The van der Waals surface area contributed by atoms with E-state index in [-0.39, 0.29) is 5.92 Å². The molecule has 1 aliphatic carbocycles. The van der Waals surface area contributed by atoms with Crippen LogP contribution in [0.2, 0.25) is 5.02 Å². The number of hydrogen-bond donors (Lipinski definition) is 0. The molecule has 26 heavy (non-hydrogen) atoms. The maximum absolute atomic E-state index is 12.8. The normalized spacial score (nSPS) is 17.8. The van der Waals surface area contributed by atoms with Crippen LogP contribution in [0, 0.1) is 12.8 Å². The summed E-state index contributed by atoms with van der Waals surface area (Å²) in [5, 5.41) is 0.721. The molecule has 1 fully saturated rings. The van der Waals surface area contributed by atoms with E-state index in [0.717, 1.165) is 66.6 Å². The minimum atomic E-state index is 0.236. The highest BCUT2D eigenvalue weighted by molar-refractivity contribution is 6.30. The third kappa shape index (κ3) is 3.48.